The lowest BCUT2D eigenvalue weighted by Gasteiger charge is -2.35. The largest absolute Gasteiger partial charge is 0.437 e. The smallest absolute Gasteiger partial charge is 0.420 e. The number of ketones is 1. The number of oxazole rings is 1. The summed E-state index contributed by atoms with van der Waals surface area (Å²) < 4.78 is 46.4. The van der Waals surface area contributed by atoms with Crippen LogP contribution in [0.25, 0.3) is 0 Å². The Morgan fingerprint density at radius 1 is 0.878 bits per heavy atom. The summed E-state index contributed by atoms with van der Waals surface area (Å²) >= 11 is 12.4. The van der Waals surface area contributed by atoms with Crippen LogP contribution in [0.2, 0.25) is 10.0 Å². The highest BCUT2D eigenvalue weighted by molar-refractivity contribution is 6.36. The molecule has 0 radical (unpaired) electrons. The number of alkyl halides is 3. The van der Waals surface area contributed by atoms with Gasteiger partial charge in [0.15, 0.2) is 5.69 Å². The molecule has 2 aliphatic heterocycles. The normalized spacial score (nSPS) is 16.3. The van der Waals surface area contributed by atoms with Crippen LogP contribution >= 0.6 is 23.2 Å². The maximum atomic E-state index is 13.7. The summed E-state index contributed by atoms with van der Waals surface area (Å²) in [5.74, 6) is -1.02. The molecule has 41 heavy (non-hydrogen) atoms. The van der Waals surface area contributed by atoms with Crippen molar-refractivity contribution in [1.82, 2.24) is 14.9 Å². The maximum absolute atomic E-state index is 13.7. The molecular formula is C28H28Cl2F3N5O3. The Labute approximate surface area is 245 Å². The van der Waals surface area contributed by atoms with E-state index in [1.165, 1.54) is 6.20 Å². The topological polar surface area (TPSA) is 82.8 Å². The molecule has 218 valence electrons. The number of rotatable bonds is 7. The van der Waals surface area contributed by atoms with Gasteiger partial charge in [-0.25, -0.2) is 4.98 Å². The third kappa shape index (κ3) is 6.78. The Morgan fingerprint density at radius 3 is 2.17 bits per heavy atom. The molecular weight excluding hydrogens is 582 g/mol. The molecule has 2 fully saturated rings. The lowest BCUT2D eigenvalue weighted by Crippen LogP contribution is -2.49. The van der Waals surface area contributed by atoms with E-state index in [2.05, 4.69) is 9.97 Å². The molecule has 4 heterocycles. The number of halogens is 5. The van der Waals surface area contributed by atoms with E-state index in [9.17, 15) is 22.8 Å². The van der Waals surface area contributed by atoms with E-state index < -0.39 is 23.4 Å². The third-order valence-corrected chi connectivity index (χ3v) is 7.99. The average molecular weight is 610 g/mol. The summed E-state index contributed by atoms with van der Waals surface area (Å²) in [6, 6.07) is 8.34. The summed E-state index contributed by atoms with van der Waals surface area (Å²) in [6.45, 7) is 3.12. The first kappa shape index (κ1) is 29.2. The van der Waals surface area contributed by atoms with Crippen molar-refractivity contribution in [2.24, 2.45) is 0 Å². The molecule has 13 heteroatoms. The van der Waals surface area contributed by atoms with E-state index in [-0.39, 0.29) is 24.8 Å². The maximum Gasteiger partial charge on any atom is 0.437 e. The molecule has 8 nitrogen and oxygen atoms in total. The molecule has 0 spiro atoms. The summed E-state index contributed by atoms with van der Waals surface area (Å²) in [7, 11) is 0. The second-order valence-corrected chi connectivity index (χ2v) is 10.9. The van der Waals surface area contributed by atoms with Gasteiger partial charge in [0.05, 0.1) is 6.42 Å². The van der Waals surface area contributed by atoms with E-state index in [0.717, 1.165) is 19.3 Å². The molecule has 0 saturated carbocycles. The quantitative estimate of drug-likeness (QED) is 0.318. The minimum atomic E-state index is -4.81. The predicted octanol–water partition coefficient (Wildman–Crippen LogP) is 5.70. The van der Waals surface area contributed by atoms with Gasteiger partial charge in [-0.1, -0.05) is 35.3 Å². The third-order valence-electron chi connectivity index (χ3n) is 7.28. The van der Waals surface area contributed by atoms with Crippen molar-refractivity contribution in [3.8, 4) is 0 Å². The summed E-state index contributed by atoms with van der Waals surface area (Å²) in [6.07, 6.45) is -0.891. The Balaban J connectivity index is 1.19. The van der Waals surface area contributed by atoms with Crippen molar-refractivity contribution in [2.75, 3.05) is 49.1 Å². The van der Waals surface area contributed by atoms with Crippen LogP contribution in [0.5, 0.6) is 0 Å². The number of carbonyl (C=O) groups excluding carboxylic acids is 2. The van der Waals surface area contributed by atoms with Crippen LogP contribution in [0.15, 0.2) is 40.9 Å². The fourth-order valence-electron chi connectivity index (χ4n) is 5.03. The molecule has 0 unspecified atom stereocenters. The SMILES string of the molecule is O=C(Cc1ccc(N2CCN(C(=O)Cc3c(Cl)cccc3Cl)CC2)nc1)c1oc(N2CCCCC2)nc1C(F)(F)F. The number of aromatic nitrogens is 2. The van der Waals surface area contributed by atoms with Gasteiger partial charge in [0.2, 0.25) is 17.5 Å². The van der Waals surface area contributed by atoms with Crippen molar-refractivity contribution in [3.05, 3.63) is 69.2 Å². The molecule has 2 aliphatic rings. The van der Waals surface area contributed by atoms with Gasteiger partial charge in [-0.2, -0.15) is 18.2 Å². The van der Waals surface area contributed by atoms with E-state index in [0.29, 0.717) is 66.3 Å². The molecule has 1 amide bonds. The fourth-order valence-corrected chi connectivity index (χ4v) is 5.56. The first-order valence-electron chi connectivity index (χ1n) is 13.4. The van der Waals surface area contributed by atoms with E-state index in [1.807, 2.05) is 4.90 Å². The molecule has 0 aliphatic carbocycles. The number of piperazine rings is 1. The standard InChI is InChI=1S/C28H28Cl2F3N5O3/c29-20-5-4-6-21(30)19(20)16-24(40)37-13-11-36(12-14-37)23-8-7-18(17-34-23)15-22(39)25-26(28(31,32)33)35-27(41-25)38-9-2-1-3-10-38/h4-8,17H,1-3,9-16H2. The molecule has 0 N–H and O–H groups in total. The van der Waals surface area contributed by atoms with Gasteiger partial charge < -0.3 is 19.1 Å². The number of benzene rings is 1. The number of nitrogens with zero attached hydrogens (tertiary/aromatic N) is 5. The molecule has 2 aromatic heterocycles. The van der Waals surface area contributed by atoms with Gasteiger partial charge in [-0.05, 0) is 48.6 Å². The number of Topliss-reactive ketones (excluding diaryl/α,β-unsaturated/α-hetero) is 1. The second kappa shape index (κ2) is 12.3. The highest BCUT2D eigenvalue weighted by atomic mass is 35.5. The number of piperidine rings is 1. The van der Waals surface area contributed by atoms with Crippen LogP contribution in [0.4, 0.5) is 25.0 Å². The molecule has 3 aromatic rings. The van der Waals surface area contributed by atoms with E-state index in [4.69, 9.17) is 27.6 Å². The van der Waals surface area contributed by atoms with Crippen LogP contribution in [0.1, 0.15) is 46.6 Å². The number of amides is 1. The van der Waals surface area contributed by atoms with E-state index >= 15 is 0 Å². The van der Waals surface area contributed by atoms with Gasteiger partial charge in [0.1, 0.15) is 5.82 Å². The van der Waals surface area contributed by atoms with Crippen molar-refractivity contribution in [1.29, 1.82) is 0 Å². The highest BCUT2D eigenvalue weighted by Gasteiger charge is 2.41. The van der Waals surface area contributed by atoms with Crippen molar-refractivity contribution >= 4 is 46.7 Å². The lowest BCUT2D eigenvalue weighted by atomic mass is 10.1. The number of hydrogen-bond acceptors (Lipinski definition) is 7. The number of anilines is 2. The van der Waals surface area contributed by atoms with Gasteiger partial charge in [-0.15, -0.1) is 0 Å². The van der Waals surface area contributed by atoms with Gasteiger partial charge in [0, 0.05) is 61.9 Å². The Hall–Kier alpha value is -3.31. The monoisotopic (exact) mass is 609 g/mol. The van der Waals surface area contributed by atoms with Crippen LogP contribution < -0.4 is 9.80 Å². The van der Waals surface area contributed by atoms with Crippen LogP contribution in [0, 0.1) is 0 Å². The van der Waals surface area contributed by atoms with Gasteiger partial charge >= 0.3 is 6.18 Å². The number of hydrogen-bond donors (Lipinski definition) is 0. The van der Waals surface area contributed by atoms with E-state index in [1.54, 1.807) is 40.1 Å². The summed E-state index contributed by atoms with van der Waals surface area (Å²) in [5, 5.41) is 0.903. The van der Waals surface area contributed by atoms with Gasteiger partial charge in [0.25, 0.3) is 6.01 Å². The Kier molecular flexibility index (Phi) is 8.74. The zero-order valence-electron chi connectivity index (χ0n) is 22.1. The zero-order valence-corrected chi connectivity index (χ0v) is 23.6. The summed E-state index contributed by atoms with van der Waals surface area (Å²) in [5.41, 5.74) is -0.240. The number of carbonyl (C=O) groups is 2. The zero-order chi connectivity index (χ0) is 29.1. The first-order chi connectivity index (χ1) is 19.6. The van der Waals surface area contributed by atoms with Crippen molar-refractivity contribution in [2.45, 2.75) is 38.3 Å². The minimum Gasteiger partial charge on any atom is -0.420 e. The predicted molar refractivity (Wildman–Crippen MR) is 149 cm³/mol. The van der Waals surface area contributed by atoms with Crippen LogP contribution in [-0.2, 0) is 23.8 Å². The number of pyridine rings is 1. The fraction of sp³-hybridized carbons (Fsp3) is 0.429. The molecule has 0 bridgehead atoms. The van der Waals surface area contributed by atoms with Crippen LogP contribution in [-0.4, -0.2) is 65.8 Å². The van der Waals surface area contributed by atoms with Crippen LogP contribution in [0.3, 0.4) is 0 Å². The minimum absolute atomic E-state index is 0.0736. The van der Waals surface area contributed by atoms with Crippen molar-refractivity contribution in [3.63, 3.8) is 0 Å². The Morgan fingerprint density at radius 2 is 1.56 bits per heavy atom. The lowest BCUT2D eigenvalue weighted by molar-refractivity contribution is -0.141. The highest BCUT2D eigenvalue weighted by Crippen LogP contribution is 2.35. The molecule has 5 rings (SSSR count). The second-order valence-electron chi connectivity index (χ2n) is 10.1. The van der Waals surface area contributed by atoms with Crippen molar-refractivity contribution < 1.29 is 27.2 Å². The first-order valence-corrected chi connectivity index (χ1v) is 14.1. The van der Waals surface area contributed by atoms with Gasteiger partial charge in [-0.3, -0.25) is 9.59 Å². The molecule has 2 saturated heterocycles. The molecule has 1 aromatic carbocycles. The molecule has 0 atom stereocenters. The summed E-state index contributed by atoms with van der Waals surface area (Å²) in [4.78, 5) is 39.2. The Bertz CT molecular complexity index is 1380. The average Bonchev–Trinajstić information content (AvgIpc) is 3.43.